The Balaban J connectivity index is 0.000000371. The molecule has 60 valence electrons. The lowest BCUT2D eigenvalue weighted by Gasteiger charge is -2.03. The van der Waals surface area contributed by atoms with Gasteiger partial charge < -0.3 is 0 Å². The van der Waals surface area contributed by atoms with Crippen LogP contribution < -0.4 is 0 Å². The van der Waals surface area contributed by atoms with E-state index in [0.717, 1.165) is 5.92 Å². The Labute approximate surface area is 66.8 Å². The third kappa shape index (κ3) is 3.34. The first-order valence-corrected chi connectivity index (χ1v) is 4.47. The van der Waals surface area contributed by atoms with E-state index in [4.69, 9.17) is 0 Å². The van der Waals surface area contributed by atoms with Crippen LogP contribution in [-0.4, -0.2) is 17.8 Å². The lowest BCUT2D eigenvalue weighted by molar-refractivity contribution is 0.567. The van der Waals surface area contributed by atoms with Gasteiger partial charge in [-0.15, -0.1) is 6.58 Å². The van der Waals surface area contributed by atoms with Crippen molar-refractivity contribution < 1.29 is 0 Å². The van der Waals surface area contributed by atoms with Crippen LogP contribution in [0.2, 0.25) is 0 Å². The van der Waals surface area contributed by atoms with Gasteiger partial charge in [0, 0.05) is 13.1 Å². The molecule has 1 aliphatic heterocycles. The summed E-state index contributed by atoms with van der Waals surface area (Å²) >= 11 is 0. The molecule has 1 rings (SSSR count). The van der Waals surface area contributed by atoms with E-state index in [0.29, 0.717) is 0 Å². The van der Waals surface area contributed by atoms with Crippen molar-refractivity contribution in [1.29, 1.82) is 0 Å². The van der Waals surface area contributed by atoms with Gasteiger partial charge in [0.2, 0.25) is 0 Å². The fourth-order valence-corrected chi connectivity index (χ4v) is 1.43. The van der Waals surface area contributed by atoms with Gasteiger partial charge in [-0.05, 0) is 12.3 Å². The zero-order chi connectivity index (χ0) is 7.98. The molecule has 1 fully saturated rings. The molecule has 0 aliphatic carbocycles. The van der Waals surface area contributed by atoms with Crippen LogP contribution in [0, 0.1) is 5.92 Å². The SMILES string of the molecule is C=C[C@H]1CCN(P)C1.CC. The summed E-state index contributed by atoms with van der Waals surface area (Å²) in [4.78, 5) is 0. The maximum absolute atomic E-state index is 3.74. The Kier molecular flexibility index (Phi) is 5.96. The standard InChI is InChI=1S/C6H12NP.C2H6/c1-2-6-3-4-7(8)5-6;1-2/h2,6H,1,3-5,8H2;1-2H3/t6-;/m0./s1. The molecular formula is C8H18NP. The third-order valence-electron chi connectivity index (χ3n) is 1.59. The molecule has 0 aromatic rings. The molecule has 1 heterocycles. The quantitative estimate of drug-likeness (QED) is 0.419. The van der Waals surface area contributed by atoms with E-state index in [9.17, 15) is 0 Å². The summed E-state index contributed by atoms with van der Waals surface area (Å²) < 4.78 is 2.26. The van der Waals surface area contributed by atoms with Crippen molar-refractivity contribution in [2.24, 2.45) is 5.92 Å². The van der Waals surface area contributed by atoms with Gasteiger partial charge in [-0.1, -0.05) is 29.3 Å². The number of nitrogens with zero attached hydrogens (tertiary/aromatic N) is 1. The highest BCUT2D eigenvalue weighted by molar-refractivity contribution is 7.13. The first kappa shape index (κ1) is 10.1. The molecule has 0 amide bonds. The van der Waals surface area contributed by atoms with Crippen LogP contribution >= 0.6 is 9.39 Å². The maximum atomic E-state index is 3.74. The maximum Gasteiger partial charge on any atom is 0.00796 e. The van der Waals surface area contributed by atoms with Gasteiger partial charge in [-0.25, -0.2) is 0 Å². The normalized spacial score (nSPS) is 25.3. The molecule has 1 aliphatic rings. The first-order chi connectivity index (χ1) is 4.83. The first-order valence-electron chi connectivity index (χ1n) is 3.95. The van der Waals surface area contributed by atoms with Crippen molar-refractivity contribution in [3.8, 4) is 0 Å². The summed E-state index contributed by atoms with van der Waals surface area (Å²) in [7, 11) is 2.71. The molecule has 0 saturated carbocycles. The van der Waals surface area contributed by atoms with Crippen LogP contribution in [0.25, 0.3) is 0 Å². The molecule has 0 bridgehead atoms. The van der Waals surface area contributed by atoms with Gasteiger partial charge in [-0.2, -0.15) is 0 Å². The highest BCUT2D eigenvalue weighted by Crippen LogP contribution is 2.18. The second kappa shape index (κ2) is 5.88. The van der Waals surface area contributed by atoms with Crippen LogP contribution in [0.5, 0.6) is 0 Å². The monoisotopic (exact) mass is 159 g/mol. The van der Waals surface area contributed by atoms with Gasteiger partial charge in [0.25, 0.3) is 0 Å². The summed E-state index contributed by atoms with van der Waals surface area (Å²) in [6.45, 7) is 10.1. The van der Waals surface area contributed by atoms with Gasteiger partial charge in [0.05, 0.1) is 0 Å². The fourth-order valence-electron chi connectivity index (χ4n) is 1.01. The topological polar surface area (TPSA) is 3.24 Å². The van der Waals surface area contributed by atoms with Crippen molar-refractivity contribution in [3.05, 3.63) is 12.7 Å². The van der Waals surface area contributed by atoms with Gasteiger partial charge in [0.15, 0.2) is 0 Å². The minimum Gasteiger partial charge on any atom is -0.287 e. The molecule has 0 spiro atoms. The number of rotatable bonds is 1. The molecule has 1 saturated heterocycles. The minimum absolute atomic E-state index is 0.743. The van der Waals surface area contributed by atoms with Crippen molar-refractivity contribution in [1.82, 2.24) is 4.67 Å². The summed E-state index contributed by atoms with van der Waals surface area (Å²) in [5.74, 6) is 0.743. The highest BCUT2D eigenvalue weighted by Gasteiger charge is 2.15. The molecule has 0 aromatic carbocycles. The van der Waals surface area contributed by atoms with E-state index in [1.54, 1.807) is 0 Å². The fraction of sp³-hybridized carbons (Fsp3) is 0.750. The zero-order valence-electron chi connectivity index (χ0n) is 7.01. The molecule has 0 radical (unpaired) electrons. The second-order valence-electron chi connectivity index (χ2n) is 2.28. The molecule has 10 heavy (non-hydrogen) atoms. The summed E-state index contributed by atoms with van der Waals surface area (Å²) in [6, 6.07) is 0. The summed E-state index contributed by atoms with van der Waals surface area (Å²) in [5.41, 5.74) is 0. The summed E-state index contributed by atoms with van der Waals surface area (Å²) in [6.07, 6.45) is 3.33. The number of hydrogen-bond donors (Lipinski definition) is 0. The average molecular weight is 159 g/mol. The molecule has 0 aromatic heterocycles. The predicted octanol–water partition coefficient (Wildman–Crippen LogP) is 2.31. The van der Waals surface area contributed by atoms with E-state index < -0.39 is 0 Å². The Hall–Kier alpha value is 0.130. The second-order valence-corrected chi connectivity index (χ2v) is 3.01. The van der Waals surface area contributed by atoms with Crippen LogP contribution in [0.15, 0.2) is 12.7 Å². The zero-order valence-corrected chi connectivity index (χ0v) is 8.16. The third-order valence-corrected chi connectivity index (χ3v) is 2.06. The lowest BCUT2D eigenvalue weighted by Crippen LogP contribution is -2.04. The largest absolute Gasteiger partial charge is 0.287 e. The van der Waals surface area contributed by atoms with Crippen LogP contribution in [0.3, 0.4) is 0 Å². The van der Waals surface area contributed by atoms with E-state index in [2.05, 4.69) is 20.6 Å². The van der Waals surface area contributed by atoms with Crippen LogP contribution in [-0.2, 0) is 0 Å². The van der Waals surface area contributed by atoms with E-state index >= 15 is 0 Å². The Bertz CT molecular complexity index is 93.3. The molecule has 2 heteroatoms. The van der Waals surface area contributed by atoms with E-state index in [-0.39, 0.29) is 0 Å². The smallest absolute Gasteiger partial charge is 0.00796 e. The van der Waals surface area contributed by atoms with Crippen molar-refractivity contribution in [2.45, 2.75) is 20.3 Å². The predicted molar refractivity (Wildman–Crippen MR) is 50.9 cm³/mol. The Morgan fingerprint density at radius 3 is 2.40 bits per heavy atom. The van der Waals surface area contributed by atoms with Crippen molar-refractivity contribution in [3.63, 3.8) is 0 Å². The molecule has 1 nitrogen and oxygen atoms in total. The van der Waals surface area contributed by atoms with E-state index in [1.807, 2.05) is 19.9 Å². The van der Waals surface area contributed by atoms with E-state index in [1.165, 1.54) is 19.5 Å². The van der Waals surface area contributed by atoms with Gasteiger partial charge in [-0.3, -0.25) is 4.67 Å². The lowest BCUT2D eigenvalue weighted by atomic mass is 10.1. The minimum atomic E-state index is 0.743. The molecule has 0 N–H and O–H groups in total. The molecule has 2 atom stereocenters. The van der Waals surface area contributed by atoms with Crippen molar-refractivity contribution >= 4 is 9.39 Å². The van der Waals surface area contributed by atoms with Gasteiger partial charge >= 0.3 is 0 Å². The molecular weight excluding hydrogens is 141 g/mol. The average Bonchev–Trinajstić information content (AvgIpc) is 2.40. The van der Waals surface area contributed by atoms with Crippen LogP contribution in [0.1, 0.15) is 20.3 Å². The number of hydrogen-bond acceptors (Lipinski definition) is 1. The highest BCUT2D eigenvalue weighted by atomic mass is 31.0. The Morgan fingerprint density at radius 2 is 2.20 bits per heavy atom. The Morgan fingerprint density at radius 1 is 1.60 bits per heavy atom. The van der Waals surface area contributed by atoms with Gasteiger partial charge in [0.1, 0.15) is 0 Å². The van der Waals surface area contributed by atoms with Crippen LogP contribution in [0.4, 0.5) is 0 Å². The molecule has 1 unspecified atom stereocenters. The summed E-state index contributed by atoms with van der Waals surface area (Å²) in [5, 5.41) is 0. The van der Waals surface area contributed by atoms with Crippen molar-refractivity contribution in [2.75, 3.05) is 13.1 Å².